The van der Waals surface area contributed by atoms with Gasteiger partial charge in [0.2, 0.25) is 0 Å². The zero-order valence-electron chi connectivity index (χ0n) is 11.7. The third kappa shape index (κ3) is 10.4. The quantitative estimate of drug-likeness (QED) is 0.548. The van der Waals surface area contributed by atoms with Gasteiger partial charge in [0.1, 0.15) is 0 Å². The average Bonchev–Trinajstić information content (AvgIpc) is 2.23. The second-order valence-electron chi connectivity index (χ2n) is 5.11. The van der Waals surface area contributed by atoms with Crippen LogP contribution in [0.2, 0.25) is 0 Å². The highest BCUT2D eigenvalue weighted by Gasteiger charge is 2.07. The first-order valence-electron chi connectivity index (χ1n) is 6.99. The van der Waals surface area contributed by atoms with Crippen LogP contribution in [0, 0.1) is 11.8 Å². The van der Waals surface area contributed by atoms with Crippen LogP contribution in [0.3, 0.4) is 0 Å². The molecule has 0 aromatic carbocycles. The van der Waals surface area contributed by atoms with Crippen molar-refractivity contribution in [1.29, 1.82) is 0 Å². The molecule has 1 unspecified atom stereocenters. The molecule has 0 aliphatic heterocycles. The molecule has 0 bridgehead atoms. The van der Waals surface area contributed by atoms with Crippen molar-refractivity contribution in [3.05, 3.63) is 0 Å². The Hall–Kier alpha value is -0.0800. The van der Waals surface area contributed by atoms with Crippen LogP contribution in [-0.4, -0.2) is 26.3 Å². The Morgan fingerprint density at radius 2 is 1.69 bits per heavy atom. The normalized spacial score (nSPS) is 13.3. The summed E-state index contributed by atoms with van der Waals surface area (Å²) in [7, 11) is 0. The molecule has 0 heterocycles. The van der Waals surface area contributed by atoms with Gasteiger partial charge in [-0.1, -0.05) is 34.1 Å². The monoisotopic (exact) mass is 229 g/mol. The third-order valence-corrected chi connectivity index (χ3v) is 2.70. The minimum atomic E-state index is 0.749. The van der Waals surface area contributed by atoms with Crippen molar-refractivity contribution in [2.45, 2.75) is 53.4 Å². The van der Waals surface area contributed by atoms with Crippen LogP contribution in [0.4, 0.5) is 0 Å². The average molecular weight is 229 g/mol. The number of hydrogen-bond donors (Lipinski definition) is 1. The molecule has 2 heteroatoms. The zero-order chi connectivity index (χ0) is 12.2. The van der Waals surface area contributed by atoms with E-state index in [9.17, 15) is 0 Å². The van der Waals surface area contributed by atoms with Crippen molar-refractivity contribution in [2.75, 3.05) is 26.3 Å². The van der Waals surface area contributed by atoms with E-state index in [4.69, 9.17) is 4.74 Å². The summed E-state index contributed by atoms with van der Waals surface area (Å²) >= 11 is 0. The second-order valence-corrected chi connectivity index (χ2v) is 5.11. The lowest BCUT2D eigenvalue weighted by Crippen LogP contribution is -2.27. The van der Waals surface area contributed by atoms with Gasteiger partial charge in [-0.15, -0.1) is 0 Å². The van der Waals surface area contributed by atoms with Crippen molar-refractivity contribution in [3.8, 4) is 0 Å². The lowest BCUT2D eigenvalue weighted by Gasteiger charge is -2.17. The van der Waals surface area contributed by atoms with E-state index in [2.05, 4.69) is 33.0 Å². The Kier molecular flexibility index (Phi) is 11.3. The predicted molar refractivity (Wildman–Crippen MR) is 71.8 cm³/mol. The van der Waals surface area contributed by atoms with Gasteiger partial charge in [-0.3, -0.25) is 0 Å². The van der Waals surface area contributed by atoms with E-state index < -0.39 is 0 Å². The molecule has 0 aromatic heterocycles. The lowest BCUT2D eigenvalue weighted by atomic mass is 10.00. The zero-order valence-corrected chi connectivity index (χ0v) is 11.7. The Morgan fingerprint density at radius 3 is 2.25 bits per heavy atom. The highest BCUT2D eigenvalue weighted by atomic mass is 16.5. The molecule has 2 nitrogen and oxygen atoms in total. The second kappa shape index (κ2) is 11.4. The fraction of sp³-hybridized carbons (Fsp3) is 1.00. The van der Waals surface area contributed by atoms with Gasteiger partial charge in [0.05, 0.1) is 0 Å². The third-order valence-electron chi connectivity index (χ3n) is 2.70. The maximum Gasteiger partial charge on any atom is 0.0469 e. The van der Waals surface area contributed by atoms with Gasteiger partial charge in [0.25, 0.3) is 0 Å². The molecule has 0 rings (SSSR count). The Bertz CT molecular complexity index is 137. The Morgan fingerprint density at radius 1 is 0.938 bits per heavy atom. The summed E-state index contributed by atoms with van der Waals surface area (Å²) in [6.45, 7) is 13.1. The highest BCUT2D eigenvalue weighted by Crippen LogP contribution is 2.10. The van der Waals surface area contributed by atoms with Crippen LogP contribution in [0.25, 0.3) is 0 Å². The largest absolute Gasteiger partial charge is 0.381 e. The number of rotatable bonds is 11. The van der Waals surface area contributed by atoms with Crippen LogP contribution in [-0.2, 0) is 4.74 Å². The minimum Gasteiger partial charge on any atom is -0.381 e. The maximum atomic E-state index is 5.56. The molecule has 0 spiro atoms. The molecule has 0 saturated carbocycles. The first-order chi connectivity index (χ1) is 7.70. The number of nitrogens with one attached hydrogen (secondary N) is 1. The van der Waals surface area contributed by atoms with E-state index in [0.717, 1.165) is 44.6 Å². The van der Waals surface area contributed by atoms with E-state index in [-0.39, 0.29) is 0 Å². The summed E-state index contributed by atoms with van der Waals surface area (Å²) in [6.07, 6.45) is 4.94. The SMILES string of the molecule is CCCOCCC(CCC)CNCC(C)C. The van der Waals surface area contributed by atoms with Gasteiger partial charge < -0.3 is 10.1 Å². The van der Waals surface area contributed by atoms with E-state index in [1.807, 2.05) is 0 Å². The first kappa shape index (κ1) is 15.9. The fourth-order valence-electron chi connectivity index (χ4n) is 1.83. The lowest BCUT2D eigenvalue weighted by molar-refractivity contribution is 0.118. The van der Waals surface area contributed by atoms with Gasteiger partial charge in [0, 0.05) is 13.2 Å². The van der Waals surface area contributed by atoms with Gasteiger partial charge in [-0.05, 0) is 44.2 Å². The molecule has 98 valence electrons. The molecule has 16 heavy (non-hydrogen) atoms. The van der Waals surface area contributed by atoms with Crippen molar-refractivity contribution >= 4 is 0 Å². The van der Waals surface area contributed by atoms with Crippen molar-refractivity contribution in [1.82, 2.24) is 5.32 Å². The molecule has 0 saturated heterocycles. The minimum absolute atomic E-state index is 0.749. The van der Waals surface area contributed by atoms with E-state index >= 15 is 0 Å². The van der Waals surface area contributed by atoms with Crippen LogP contribution < -0.4 is 5.32 Å². The molecule has 0 aliphatic rings. The van der Waals surface area contributed by atoms with E-state index in [1.54, 1.807) is 0 Å². The van der Waals surface area contributed by atoms with Gasteiger partial charge in [0.15, 0.2) is 0 Å². The summed E-state index contributed by atoms with van der Waals surface area (Å²) in [5, 5.41) is 3.56. The van der Waals surface area contributed by atoms with Crippen molar-refractivity contribution in [2.24, 2.45) is 11.8 Å². The molecule has 0 radical (unpaired) electrons. The summed E-state index contributed by atoms with van der Waals surface area (Å²) in [5.74, 6) is 1.54. The molecule has 1 atom stereocenters. The van der Waals surface area contributed by atoms with Crippen LogP contribution in [0.5, 0.6) is 0 Å². The molecule has 1 N–H and O–H groups in total. The molecular formula is C14H31NO. The molecular weight excluding hydrogens is 198 g/mol. The molecule has 0 amide bonds. The summed E-state index contributed by atoms with van der Waals surface area (Å²) in [5.41, 5.74) is 0. The molecule has 0 aromatic rings. The number of ether oxygens (including phenoxy) is 1. The topological polar surface area (TPSA) is 21.3 Å². The summed E-state index contributed by atoms with van der Waals surface area (Å²) in [4.78, 5) is 0. The Labute approximate surface area is 102 Å². The van der Waals surface area contributed by atoms with Gasteiger partial charge >= 0.3 is 0 Å². The van der Waals surface area contributed by atoms with Gasteiger partial charge in [-0.2, -0.15) is 0 Å². The van der Waals surface area contributed by atoms with Crippen LogP contribution in [0.1, 0.15) is 53.4 Å². The highest BCUT2D eigenvalue weighted by molar-refractivity contribution is 4.63. The van der Waals surface area contributed by atoms with Crippen LogP contribution >= 0.6 is 0 Å². The van der Waals surface area contributed by atoms with Crippen LogP contribution in [0.15, 0.2) is 0 Å². The molecule has 0 fully saturated rings. The summed E-state index contributed by atoms with van der Waals surface area (Å²) in [6, 6.07) is 0. The van der Waals surface area contributed by atoms with Crippen molar-refractivity contribution < 1.29 is 4.74 Å². The Balaban J connectivity index is 3.53. The van der Waals surface area contributed by atoms with Gasteiger partial charge in [-0.25, -0.2) is 0 Å². The van der Waals surface area contributed by atoms with E-state index in [0.29, 0.717) is 0 Å². The molecule has 0 aliphatic carbocycles. The van der Waals surface area contributed by atoms with Crippen molar-refractivity contribution in [3.63, 3.8) is 0 Å². The first-order valence-corrected chi connectivity index (χ1v) is 6.99. The standard InChI is InChI=1S/C14H31NO/c1-5-7-14(8-10-16-9-6-2)12-15-11-13(3)4/h13-15H,5-12H2,1-4H3. The smallest absolute Gasteiger partial charge is 0.0469 e. The number of hydrogen-bond acceptors (Lipinski definition) is 2. The predicted octanol–water partition coefficient (Wildman–Crippen LogP) is 3.47. The summed E-state index contributed by atoms with van der Waals surface area (Å²) < 4.78 is 5.56. The fourth-order valence-corrected chi connectivity index (χ4v) is 1.83. The van der Waals surface area contributed by atoms with E-state index in [1.165, 1.54) is 19.3 Å². The maximum absolute atomic E-state index is 5.56.